The fourth-order valence-corrected chi connectivity index (χ4v) is 3.65. The van der Waals surface area contributed by atoms with Crippen molar-refractivity contribution in [3.8, 4) is 5.75 Å². The summed E-state index contributed by atoms with van der Waals surface area (Å²) in [4.78, 5) is 27.5. The molecule has 0 aromatic heterocycles. The van der Waals surface area contributed by atoms with Crippen LogP contribution < -0.4 is 10.1 Å². The second-order valence-corrected chi connectivity index (χ2v) is 7.01. The molecule has 0 aliphatic carbocycles. The highest BCUT2D eigenvalue weighted by molar-refractivity contribution is 5.95. The molecule has 0 saturated carbocycles. The summed E-state index contributed by atoms with van der Waals surface area (Å²) in [5.41, 5.74) is 1.75. The molecule has 28 heavy (non-hydrogen) atoms. The number of nitrogens with zero attached hydrogens (tertiary/aromatic N) is 1. The van der Waals surface area contributed by atoms with Crippen LogP contribution >= 0.6 is 0 Å². The van der Waals surface area contributed by atoms with Crippen LogP contribution in [0.1, 0.15) is 28.3 Å². The smallest absolute Gasteiger partial charge is 0.253 e. The summed E-state index contributed by atoms with van der Waals surface area (Å²) < 4.78 is 5.17. The van der Waals surface area contributed by atoms with E-state index in [1.165, 1.54) is 0 Å². The van der Waals surface area contributed by atoms with Crippen LogP contribution in [-0.4, -0.2) is 43.5 Å². The lowest BCUT2D eigenvalue weighted by atomic mass is 9.83. The van der Waals surface area contributed by atoms with Gasteiger partial charge >= 0.3 is 0 Å². The molecule has 2 aromatic carbocycles. The predicted octanol–water partition coefficient (Wildman–Crippen LogP) is 3.24. The fourth-order valence-electron chi connectivity index (χ4n) is 3.65. The third-order valence-corrected chi connectivity index (χ3v) is 5.14. The Labute approximate surface area is 166 Å². The Morgan fingerprint density at radius 1 is 1.14 bits per heavy atom. The molecule has 5 heteroatoms. The van der Waals surface area contributed by atoms with E-state index in [2.05, 4.69) is 24.0 Å². The normalized spacial score (nSPS) is 19.0. The Balaban J connectivity index is 1.82. The van der Waals surface area contributed by atoms with Gasteiger partial charge in [0.15, 0.2) is 0 Å². The van der Waals surface area contributed by atoms with Crippen LogP contribution in [0.4, 0.5) is 0 Å². The quantitative estimate of drug-likeness (QED) is 0.785. The van der Waals surface area contributed by atoms with Crippen molar-refractivity contribution in [2.75, 3.05) is 26.7 Å². The topological polar surface area (TPSA) is 58.6 Å². The van der Waals surface area contributed by atoms with Crippen molar-refractivity contribution in [2.24, 2.45) is 5.92 Å². The van der Waals surface area contributed by atoms with Crippen LogP contribution in [0.15, 0.2) is 67.3 Å². The number of carbonyl (C=O) groups excluding carboxylic acids is 2. The molecular formula is C23H26N2O3. The molecule has 5 nitrogen and oxygen atoms in total. The molecule has 1 saturated heterocycles. The number of methoxy groups -OCH3 is 1. The van der Waals surface area contributed by atoms with Gasteiger partial charge in [-0.25, -0.2) is 0 Å². The van der Waals surface area contributed by atoms with Gasteiger partial charge < -0.3 is 15.0 Å². The number of amides is 2. The lowest BCUT2D eigenvalue weighted by Gasteiger charge is -2.37. The molecule has 2 atom stereocenters. The molecule has 1 N–H and O–H groups in total. The van der Waals surface area contributed by atoms with E-state index < -0.39 is 0 Å². The number of ether oxygens (including phenoxy) is 1. The molecule has 2 aromatic rings. The summed E-state index contributed by atoms with van der Waals surface area (Å²) in [6.45, 7) is 5.09. The number of benzene rings is 2. The number of hydrogen-bond acceptors (Lipinski definition) is 3. The predicted molar refractivity (Wildman–Crippen MR) is 109 cm³/mol. The van der Waals surface area contributed by atoms with Crippen molar-refractivity contribution in [2.45, 2.75) is 12.3 Å². The van der Waals surface area contributed by atoms with Crippen LogP contribution in [0.25, 0.3) is 0 Å². The molecule has 0 spiro atoms. The van der Waals surface area contributed by atoms with Gasteiger partial charge in [0.2, 0.25) is 5.91 Å². The van der Waals surface area contributed by atoms with Gasteiger partial charge in [-0.1, -0.05) is 36.4 Å². The highest BCUT2D eigenvalue weighted by Gasteiger charge is 2.34. The van der Waals surface area contributed by atoms with Gasteiger partial charge in [0.25, 0.3) is 5.91 Å². The average Bonchev–Trinajstić information content (AvgIpc) is 2.77. The molecule has 3 rings (SSSR count). The van der Waals surface area contributed by atoms with E-state index in [4.69, 9.17) is 4.74 Å². The van der Waals surface area contributed by atoms with E-state index in [0.29, 0.717) is 30.9 Å². The monoisotopic (exact) mass is 378 g/mol. The Kier molecular flexibility index (Phi) is 6.48. The van der Waals surface area contributed by atoms with Crippen LogP contribution in [0, 0.1) is 5.92 Å². The molecule has 1 aliphatic heterocycles. The van der Waals surface area contributed by atoms with Crippen LogP contribution in [0.2, 0.25) is 0 Å². The maximum atomic E-state index is 13.1. The number of piperidine rings is 1. The summed E-state index contributed by atoms with van der Waals surface area (Å²) in [7, 11) is 1.60. The molecule has 0 radical (unpaired) electrons. The maximum absolute atomic E-state index is 13.1. The molecule has 2 unspecified atom stereocenters. The Morgan fingerprint density at radius 3 is 2.50 bits per heavy atom. The minimum atomic E-state index is -0.249. The van der Waals surface area contributed by atoms with Gasteiger partial charge in [-0.15, -0.1) is 6.58 Å². The van der Waals surface area contributed by atoms with Gasteiger partial charge in [-0.05, 0) is 36.2 Å². The van der Waals surface area contributed by atoms with Gasteiger partial charge in [-0.2, -0.15) is 0 Å². The molecule has 1 fully saturated rings. The van der Waals surface area contributed by atoms with Gasteiger partial charge in [-0.3, -0.25) is 9.59 Å². The first-order chi connectivity index (χ1) is 13.6. The Morgan fingerprint density at radius 2 is 1.86 bits per heavy atom. The first kappa shape index (κ1) is 19.7. The minimum Gasteiger partial charge on any atom is -0.497 e. The number of likely N-dealkylation sites (tertiary alicyclic amines) is 1. The van der Waals surface area contributed by atoms with E-state index in [1.807, 2.05) is 18.2 Å². The molecule has 2 amide bonds. The third-order valence-electron chi connectivity index (χ3n) is 5.14. The lowest BCUT2D eigenvalue weighted by Crippen LogP contribution is -2.48. The summed E-state index contributed by atoms with van der Waals surface area (Å²) in [6.07, 6.45) is 2.38. The zero-order chi connectivity index (χ0) is 19.9. The highest BCUT2D eigenvalue weighted by Crippen LogP contribution is 2.31. The summed E-state index contributed by atoms with van der Waals surface area (Å²) in [6, 6.07) is 17.2. The Bertz CT molecular complexity index is 818. The molecule has 0 bridgehead atoms. The zero-order valence-corrected chi connectivity index (χ0v) is 16.1. The van der Waals surface area contributed by atoms with Crippen molar-refractivity contribution in [3.05, 3.63) is 78.4 Å². The fraction of sp³-hybridized carbons (Fsp3) is 0.304. The van der Waals surface area contributed by atoms with Crippen molar-refractivity contribution >= 4 is 11.8 Å². The van der Waals surface area contributed by atoms with Crippen LogP contribution in [0.5, 0.6) is 5.75 Å². The number of carbonyl (C=O) groups is 2. The van der Waals surface area contributed by atoms with E-state index >= 15 is 0 Å². The third kappa shape index (κ3) is 4.60. The molecule has 1 aliphatic rings. The first-order valence-electron chi connectivity index (χ1n) is 9.49. The highest BCUT2D eigenvalue weighted by atomic mass is 16.5. The van der Waals surface area contributed by atoms with Crippen molar-refractivity contribution in [1.29, 1.82) is 0 Å². The van der Waals surface area contributed by atoms with Crippen molar-refractivity contribution < 1.29 is 14.3 Å². The molecule has 146 valence electrons. The van der Waals surface area contributed by atoms with Crippen LogP contribution in [0.3, 0.4) is 0 Å². The Hall–Kier alpha value is -3.08. The lowest BCUT2D eigenvalue weighted by molar-refractivity contribution is -0.126. The van der Waals surface area contributed by atoms with Crippen molar-refractivity contribution in [1.82, 2.24) is 10.2 Å². The maximum Gasteiger partial charge on any atom is 0.253 e. The summed E-state index contributed by atoms with van der Waals surface area (Å²) in [5, 5.41) is 2.88. The first-order valence-corrected chi connectivity index (χ1v) is 9.49. The second kappa shape index (κ2) is 9.22. The number of nitrogens with one attached hydrogen (secondary N) is 1. The van der Waals surface area contributed by atoms with Crippen LogP contribution in [-0.2, 0) is 4.79 Å². The van der Waals surface area contributed by atoms with Gasteiger partial charge in [0.1, 0.15) is 5.75 Å². The standard InChI is InChI=1S/C23H26N2O3/c1-3-13-24-22(26)20-14-19(17-7-5-4-6-8-17)15-25(16-20)23(27)18-9-11-21(28-2)12-10-18/h3-12,19-20H,1,13-16H2,2H3,(H,24,26). The molecular weight excluding hydrogens is 352 g/mol. The average molecular weight is 378 g/mol. The molecule has 1 heterocycles. The summed E-state index contributed by atoms with van der Waals surface area (Å²) in [5.74, 6) is 0.481. The van der Waals surface area contributed by atoms with E-state index in [0.717, 1.165) is 12.0 Å². The van der Waals surface area contributed by atoms with E-state index in [1.54, 1.807) is 42.4 Å². The zero-order valence-electron chi connectivity index (χ0n) is 16.1. The van der Waals surface area contributed by atoms with Gasteiger partial charge in [0, 0.05) is 31.1 Å². The number of hydrogen-bond donors (Lipinski definition) is 1. The van der Waals surface area contributed by atoms with Crippen molar-refractivity contribution in [3.63, 3.8) is 0 Å². The second-order valence-electron chi connectivity index (χ2n) is 7.01. The minimum absolute atomic E-state index is 0.0342. The number of rotatable bonds is 6. The largest absolute Gasteiger partial charge is 0.497 e. The van der Waals surface area contributed by atoms with E-state index in [-0.39, 0.29) is 23.7 Å². The van der Waals surface area contributed by atoms with E-state index in [9.17, 15) is 9.59 Å². The van der Waals surface area contributed by atoms with Gasteiger partial charge in [0.05, 0.1) is 13.0 Å². The summed E-state index contributed by atoms with van der Waals surface area (Å²) >= 11 is 0. The SMILES string of the molecule is C=CCNC(=O)C1CC(c2ccccc2)CN(C(=O)c2ccc(OC)cc2)C1.